The lowest BCUT2D eigenvalue weighted by Gasteiger charge is -2.07. The van der Waals surface area contributed by atoms with Crippen molar-refractivity contribution in [1.82, 2.24) is 4.98 Å². The molecule has 0 saturated heterocycles. The molecule has 0 aliphatic carbocycles. The molecular formula is C12H18N2O4. The van der Waals surface area contributed by atoms with Crippen molar-refractivity contribution in [1.29, 1.82) is 0 Å². The lowest BCUT2D eigenvalue weighted by Crippen LogP contribution is -2.09. The maximum atomic E-state index is 10.7. The highest BCUT2D eigenvalue weighted by Gasteiger charge is 2.04. The van der Waals surface area contributed by atoms with E-state index in [2.05, 4.69) is 10.3 Å². The summed E-state index contributed by atoms with van der Waals surface area (Å²) < 4.78 is 10.2. The number of methoxy groups -OCH3 is 1. The Balaban J connectivity index is 2.19. The van der Waals surface area contributed by atoms with Crippen LogP contribution >= 0.6 is 0 Å². The van der Waals surface area contributed by atoms with Gasteiger partial charge in [0.2, 0.25) is 0 Å². The second-order valence-electron chi connectivity index (χ2n) is 3.62. The molecule has 6 nitrogen and oxygen atoms in total. The van der Waals surface area contributed by atoms with Crippen molar-refractivity contribution in [3.8, 4) is 0 Å². The molecule has 0 amide bonds. The van der Waals surface area contributed by atoms with E-state index in [1.807, 2.05) is 0 Å². The third kappa shape index (κ3) is 5.60. The molecule has 0 spiro atoms. The molecule has 0 aliphatic heterocycles. The molecule has 0 bridgehead atoms. The van der Waals surface area contributed by atoms with Crippen molar-refractivity contribution < 1.29 is 19.4 Å². The van der Waals surface area contributed by atoms with Crippen LogP contribution < -0.4 is 5.32 Å². The van der Waals surface area contributed by atoms with Crippen molar-refractivity contribution in [2.45, 2.75) is 6.42 Å². The molecule has 0 radical (unpaired) electrons. The zero-order chi connectivity index (χ0) is 13.2. The van der Waals surface area contributed by atoms with Crippen LogP contribution in [-0.2, 0) is 9.47 Å². The zero-order valence-electron chi connectivity index (χ0n) is 10.4. The van der Waals surface area contributed by atoms with Crippen molar-refractivity contribution in [3.05, 3.63) is 24.0 Å². The summed E-state index contributed by atoms with van der Waals surface area (Å²) in [5, 5.41) is 11.9. The van der Waals surface area contributed by atoms with E-state index in [0.717, 1.165) is 18.7 Å². The Morgan fingerprint density at radius 3 is 3.00 bits per heavy atom. The molecule has 1 aromatic heterocycles. The van der Waals surface area contributed by atoms with Crippen molar-refractivity contribution >= 4 is 11.7 Å². The highest BCUT2D eigenvalue weighted by molar-refractivity contribution is 5.86. The fraction of sp³-hybridized carbons (Fsp3) is 0.500. The Kier molecular flexibility index (Phi) is 6.75. The number of hydrogen-bond donors (Lipinski definition) is 2. The van der Waals surface area contributed by atoms with E-state index in [-0.39, 0.29) is 5.69 Å². The van der Waals surface area contributed by atoms with E-state index >= 15 is 0 Å². The van der Waals surface area contributed by atoms with Crippen molar-refractivity contribution in [2.24, 2.45) is 0 Å². The van der Waals surface area contributed by atoms with Gasteiger partial charge in [-0.25, -0.2) is 9.78 Å². The van der Waals surface area contributed by atoms with Gasteiger partial charge in [-0.1, -0.05) is 0 Å². The average Bonchev–Trinajstić information content (AvgIpc) is 2.38. The highest BCUT2D eigenvalue weighted by Crippen LogP contribution is 2.07. The summed E-state index contributed by atoms with van der Waals surface area (Å²) >= 11 is 0. The molecule has 6 heteroatoms. The number of anilines is 1. The number of pyridine rings is 1. The number of carboxylic acids is 1. The smallest absolute Gasteiger partial charge is 0.354 e. The number of carboxylic acid groups (broad SMARTS) is 1. The topological polar surface area (TPSA) is 80.7 Å². The zero-order valence-corrected chi connectivity index (χ0v) is 10.4. The van der Waals surface area contributed by atoms with Crippen molar-refractivity contribution in [3.63, 3.8) is 0 Å². The second kappa shape index (κ2) is 8.43. The van der Waals surface area contributed by atoms with Gasteiger partial charge in [0.05, 0.1) is 13.2 Å². The molecule has 0 atom stereocenters. The van der Waals surface area contributed by atoms with Crippen LogP contribution in [0.4, 0.5) is 5.69 Å². The van der Waals surface area contributed by atoms with Gasteiger partial charge in [-0.3, -0.25) is 0 Å². The average molecular weight is 254 g/mol. The fourth-order valence-electron chi connectivity index (χ4n) is 1.31. The lowest BCUT2D eigenvalue weighted by molar-refractivity contribution is 0.0690. The quantitative estimate of drug-likeness (QED) is 0.645. The summed E-state index contributed by atoms with van der Waals surface area (Å²) in [6.07, 6.45) is 2.31. The van der Waals surface area contributed by atoms with Gasteiger partial charge in [0.25, 0.3) is 0 Å². The largest absolute Gasteiger partial charge is 0.477 e. The van der Waals surface area contributed by atoms with E-state index < -0.39 is 5.97 Å². The van der Waals surface area contributed by atoms with E-state index in [9.17, 15) is 4.79 Å². The Morgan fingerprint density at radius 2 is 2.28 bits per heavy atom. The number of carbonyl (C=O) groups is 1. The summed E-state index contributed by atoms with van der Waals surface area (Å²) in [7, 11) is 1.63. The van der Waals surface area contributed by atoms with E-state index in [1.165, 1.54) is 12.3 Å². The molecular weight excluding hydrogens is 236 g/mol. The summed E-state index contributed by atoms with van der Waals surface area (Å²) in [4.78, 5) is 14.4. The molecule has 0 aliphatic rings. The molecule has 2 N–H and O–H groups in total. The third-order valence-electron chi connectivity index (χ3n) is 2.21. The standard InChI is InChI=1S/C12H18N2O4/c1-17-7-8-18-6-2-4-13-10-3-5-14-11(9-10)12(15)16/h3,5,9H,2,4,6-8H2,1H3,(H,13,14)(H,15,16). The first-order valence-corrected chi connectivity index (χ1v) is 5.74. The first kappa shape index (κ1) is 14.4. The lowest BCUT2D eigenvalue weighted by atomic mass is 10.3. The van der Waals surface area contributed by atoms with Crippen LogP contribution in [0.3, 0.4) is 0 Å². The van der Waals surface area contributed by atoms with Crippen LogP contribution in [0.25, 0.3) is 0 Å². The Bertz CT molecular complexity index is 371. The van der Waals surface area contributed by atoms with Gasteiger partial charge in [-0.05, 0) is 18.6 Å². The molecule has 0 unspecified atom stereocenters. The van der Waals surface area contributed by atoms with Crippen LogP contribution in [0, 0.1) is 0 Å². The first-order chi connectivity index (χ1) is 8.74. The Hall–Kier alpha value is -1.66. The normalized spacial score (nSPS) is 10.3. The molecule has 1 heterocycles. The van der Waals surface area contributed by atoms with Gasteiger partial charge in [-0.15, -0.1) is 0 Å². The molecule has 0 aromatic carbocycles. The third-order valence-corrected chi connectivity index (χ3v) is 2.21. The number of aromatic carboxylic acids is 1. The number of nitrogens with one attached hydrogen (secondary N) is 1. The summed E-state index contributed by atoms with van der Waals surface area (Å²) in [6.45, 7) is 2.55. The van der Waals surface area contributed by atoms with Crippen LogP contribution in [-0.4, -0.2) is 49.5 Å². The number of rotatable bonds is 9. The minimum Gasteiger partial charge on any atom is -0.477 e. The molecule has 1 aromatic rings. The number of aromatic nitrogens is 1. The minimum atomic E-state index is -1.03. The van der Waals surface area contributed by atoms with Gasteiger partial charge in [-0.2, -0.15) is 0 Å². The summed E-state index contributed by atoms with van der Waals surface area (Å²) in [5.41, 5.74) is 0.788. The van der Waals surface area contributed by atoms with Crippen molar-refractivity contribution in [2.75, 3.05) is 38.8 Å². The maximum absolute atomic E-state index is 10.7. The van der Waals surface area contributed by atoms with Gasteiger partial charge >= 0.3 is 5.97 Å². The van der Waals surface area contributed by atoms with E-state index in [4.69, 9.17) is 14.6 Å². The van der Waals surface area contributed by atoms with Gasteiger partial charge < -0.3 is 19.9 Å². The predicted octanol–water partition coefficient (Wildman–Crippen LogP) is 1.24. The highest BCUT2D eigenvalue weighted by atomic mass is 16.5. The Labute approximate surface area is 106 Å². The SMILES string of the molecule is COCCOCCCNc1ccnc(C(=O)O)c1. The minimum absolute atomic E-state index is 0.0383. The first-order valence-electron chi connectivity index (χ1n) is 5.74. The summed E-state index contributed by atoms with van der Waals surface area (Å²) in [6, 6.07) is 3.24. The van der Waals surface area contributed by atoms with Gasteiger partial charge in [0, 0.05) is 32.1 Å². The summed E-state index contributed by atoms with van der Waals surface area (Å²) in [5.74, 6) is -1.03. The molecule has 0 saturated carbocycles. The van der Waals surface area contributed by atoms with E-state index in [1.54, 1.807) is 13.2 Å². The maximum Gasteiger partial charge on any atom is 0.354 e. The van der Waals surface area contributed by atoms with Gasteiger partial charge in [0.1, 0.15) is 5.69 Å². The molecule has 0 fully saturated rings. The second-order valence-corrected chi connectivity index (χ2v) is 3.62. The van der Waals surface area contributed by atoms with Crippen LogP contribution in [0.2, 0.25) is 0 Å². The molecule has 100 valence electrons. The predicted molar refractivity (Wildman–Crippen MR) is 67.0 cm³/mol. The van der Waals surface area contributed by atoms with Gasteiger partial charge in [0.15, 0.2) is 0 Å². The number of nitrogens with zero attached hydrogens (tertiary/aromatic N) is 1. The monoisotopic (exact) mass is 254 g/mol. The van der Waals surface area contributed by atoms with Crippen LogP contribution in [0.1, 0.15) is 16.9 Å². The van der Waals surface area contributed by atoms with Crippen LogP contribution in [0.15, 0.2) is 18.3 Å². The fourth-order valence-corrected chi connectivity index (χ4v) is 1.31. The molecule has 18 heavy (non-hydrogen) atoms. The number of ether oxygens (including phenoxy) is 2. The van der Waals surface area contributed by atoms with E-state index in [0.29, 0.717) is 19.8 Å². The number of hydrogen-bond acceptors (Lipinski definition) is 5. The van der Waals surface area contributed by atoms with Crippen LogP contribution in [0.5, 0.6) is 0 Å². The molecule has 1 rings (SSSR count). The Morgan fingerprint density at radius 1 is 1.44 bits per heavy atom.